The number of fused-ring (bicyclic) bond motifs is 1. The number of hydrogen-bond donors (Lipinski definition) is 0. The number of hydrogen-bond acceptors (Lipinski definition) is 4. The maximum absolute atomic E-state index is 13.5. The Morgan fingerprint density at radius 3 is 2.36 bits per heavy atom. The van der Waals surface area contributed by atoms with Crippen LogP contribution in [0.3, 0.4) is 0 Å². The van der Waals surface area contributed by atoms with Gasteiger partial charge in [0.2, 0.25) is 0 Å². The monoisotopic (exact) mass is 398 g/mol. The van der Waals surface area contributed by atoms with Crippen molar-refractivity contribution >= 4 is 21.6 Å². The predicted molar refractivity (Wildman–Crippen MR) is 119 cm³/mol. The van der Waals surface area contributed by atoms with Crippen molar-refractivity contribution < 1.29 is 4.74 Å². The molecular weight excluding hydrogens is 368 g/mol. The number of benzene rings is 1. The highest BCUT2D eigenvalue weighted by molar-refractivity contribution is 7.19. The molecule has 0 unspecified atom stereocenters. The molecule has 4 nitrogen and oxygen atoms in total. The summed E-state index contributed by atoms with van der Waals surface area (Å²) in [6, 6.07) is 8.59. The summed E-state index contributed by atoms with van der Waals surface area (Å²) in [4.78, 5) is 20.3. The van der Waals surface area contributed by atoms with Crippen LogP contribution in [0.1, 0.15) is 56.8 Å². The fourth-order valence-electron chi connectivity index (χ4n) is 3.53. The molecule has 0 radical (unpaired) electrons. The van der Waals surface area contributed by atoms with E-state index in [-0.39, 0.29) is 16.9 Å². The Balaban J connectivity index is 2.24. The molecule has 0 aliphatic heterocycles. The number of thiophene rings is 1. The van der Waals surface area contributed by atoms with Gasteiger partial charge in [-0.2, -0.15) is 0 Å². The third kappa shape index (κ3) is 3.78. The smallest absolute Gasteiger partial charge is 0.263 e. The molecule has 0 spiro atoms. The van der Waals surface area contributed by atoms with Crippen LogP contribution in [0.25, 0.3) is 21.3 Å². The second kappa shape index (κ2) is 7.80. The Morgan fingerprint density at radius 2 is 1.82 bits per heavy atom. The Morgan fingerprint density at radius 1 is 1.18 bits per heavy atom. The minimum Gasteiger partial charge on any atom is -0.383 e. The molecule has 0 saturated heterocycles. The zero-order valence-corrected chi connectivity index (χ0v) is 18.7. The van der Waals surface area contributed by atoms with Gasteiger partial charge in [0.15, 0.2) is 0 Å². The Bertz CT molecular complexity index is 1040. The molecule has 0 N–H and O–H groups in total. The lowest BCUT2D eigenvalue weighted by Gasteiger charge is -2.19. The van der Waals surface area contributed by atoms with Crippen LogP contribution < -0.4 is 5.56 Å². The van der Waals surface area contributed by atoms with E-state index in [0.29, 0.717) is 13.2 Å². The number of methoxy groups -OCH3 is 1. The molecule has 3 rings (SSSR count). The van der Waals surface area contributed by atoms with Crippen LogP contribution in [0, 0.1) is 6.92 Å². The summed E-state index contributed by atoms with van der Waals surface area (Å²) < 4.78 is 7.02. The number of ether oxygens (including phenoxy) is 1. The summed E-state index contributed by atoms with van der Waals surface area (Å²) in [6.07, 6.45) is 0. The van der Waals surface area contributed by atoms with Crippen molar-refractivity contribution in [1.29, 1.82) is 0 Å². The largest absolute Gasteiger partial charge is 0.383 e. The van der Waals surface area contributed by atoms with Gasteiger partial charge in [-0.1, -0.05) is 58.9 Å². The molecule has 0 atom stereocenters. The van der Waals surface area contributed by atoms with E-state index < -0.39 is 0 Å². The second-order valence-electron chi connectivity index (χ2n) is 8.62. The molecule has 0 saturated carbocycles. The van der Waals surface area contributed by atoms with E-state index in [2.05, 4.69) is 65.8 Å². The maximum atomic E-state index is 13.5. The first-order valence-electron chi connectivity index (χ1n) is 9.78. The lowest BCUT2D eigenvalue weighted by atomic mass is 9.86. The van der Waals surface area contributed by atoms with E-state index in [1.165, 1.54) is 5.56 Å². The fraction of sp³-hybridized carbons (Fsp3) is 0.478. The Kier molecular flexibility index (Phi) is 5.78. The highest BCUT2D eigenvalue weighted by Crippen LogP contribution is 2.37. The number of nitrogens with zero attached hydrogens (tertiary/aromatic N) is 2. The lowest BCUT2D eigenvalue weighted by molar-refractivity contribution is 0.184. The first kappa shape index (κ1) is 20.7. The topological polar surface area (TPSA) is 44.1 Å². The van der Waals surface area contributed by atoms with Gasteiger partial charge in [-0.25, -0.2) is 4.98 Å². The summed E-state index contributed by atoms with van der Waals surface area (Å²) in [5.74, 6) is 0.997. The molecule has 0 bridgehead atoms. The molecular formula is C23H30N2O2S. The van der Waals surface area contributed by atoms with E-state index in [1.807, 2.05) is 0 Å². The molecule has 0 fully saturated rings. The Labute approximate surface area is 171 Å². The molecule has 0 aliphatic carbocycles. The molecule has 28 heavy (non-hydrogen) atoms. The van der Waals surface area contributed by atoms with Crippen LogP contribution in [-0.2, 0) is 16.7 Å². The molecule has 0 aliphatic rings. The number of aromatic nitrogens is 2. The van der Waals surface area contributed by atoms with Crippen LogP contribution in [-0.4, -0.2) is 23.3 Å². The normalized spacial score (nSPS) is 12.3. The molecule has 150 valence electrons. The van der Waals surface area contributed by atoms with Crippen LogP contribution in [0.15, 0.2) is 29.1 Å². The lowest BCUT2D eigenvalue weighted by Crippen LogP contribution is -2.27. The Hall–Kier alpha value is -1.98. The van der Waals surface area contributed by atoms with Crippen molar-refractivity contribution in [2.45, 2.75) is 59.4 Å². The number of rotatable bonds is 5. The van der Waals surface area contributed by atoms with E-state index >= 15 is 0 Å². The van der Waals surface area contributed by atoms with Crippen LogP contribution in [0.4, 0.5) is 0 Å². The molecule has 1 aromatic carbocycles. The number of aryl methyl sites for hydroxylation is 1. The zero-order chi connectivity index (χ0) is 20.6. The standard InChI is InChI=1S/C23H30N2O2S/c1-14(2)20-24-21-19(22(26)25(20)12-13-27-7)18(15(3)28-21)16-8-10-17(11-9-16)23(4,5)6/h8-11,14H,12-13H2,1-7H3. The fourth-order valence-corrected chi connectivity index (χ4v) is 4.58. The quantitative estimate of drug-likeness (QED) is 0.570. The average molecular weight is 399 g/mol. The predicted octanol–water partition coefficient (Wildman–Crippen LogP) is 5.50. The SMILES string of the molecule is COCCn1c(C(C)C)nc2sc(C)c(-c3ccc(C(C)(C)C)cc3)c2c1=O. The van der Waals surface area contributed by atoms with E-state index in [0.717, 1.165) is 32.0 Å². The van der Waals surface area contributed by atoms with Gasteiger partial charge in [-0.05, 0) is 23.5 Å². The van der Waals surface area contributed by atoms with Gasteiger partial charge in [0.1, 0.15) is 10.7 Å². The van der Waals surface area contributed by atoms with Gasteiger partial charge in [-0.3, -0.25) is 9.36 Å². The van der Waals surface area contributed by atoms with Crippen molar-refractivity contribution in [1.82, 2.24) is 9.55 Å². The summed E-state index contributed by atoms with van der Waals surface area (Å²) in [6.45, 7) is 13.9. The molecule has 5 heteroatoms. The van der Waals surface area contributed by atoms with Crippen molar-refractivity contribution in [3.05, 3.63) is 50.9 Å². The second-order valence-corrected chi connectivity index (χ2v) is 9.82. The van der Waals surface area contributed by atoms with E-state index in [9.17, 15) is 4.79 Å². The van der Waals surface area contributed by atoms with Crippen molar-refractivity contribution in [2.24, 2.45) is 0 Å². The first-order valence-corrected chi connectivity index (χ1v) is 10.6. The van der Waals surface area contributed by atoms with Crippen LogP contribution in [0.2, 0.25) is 0 Å². The third-order valence-corrected chi connectivity index (χ3v) is 6.09. The minimum atomic E-state index is 0.0324. The first-order chi connectivity index (χ1) is 13.1. The van der Waals surface area contributed by atoms with Crippen molar-refractivity contribution in [3.8, 4) is 11.1 Å². The summed E-state index contributed by atoms with van der Waals surface area (Å²) in [5.41, 5.74) is 3.51. The average Bonchev–Trinajstić information content (AvgIpc) is 2.96. The highest BCUT2D eigenvalue weighted by atomic mass is 32.1. The third-order valence-electron chi connectivity index (χ3n) is 5.09. The van der Waals surface area contributed by atoms with Gasteiger partial charge in [0.05, 0.1) is 18.5 Å². The van der Waals surface area contributed by atoms with Crippen molar-refractivity contribution in [3.63, 3.8) is 0 Å². The van der Waals surface area contributed by atoms with Crippen molar-refractivity contribution in [2.75, 3.05) is 13.7 Å². The van der Waals surface area contributed by atoms with E-state index in [1.54, 1.807) is 23.0 Å². The van der Waals surface area contributed by atoms with Gasteiger partial charge in [0, 0.05) is 23.5 Å². The van der Waals surface area contributed by atoms with Gasteiger partial charge in [0.25, 0.3) is 5.56 Å². The molecule has 2 heterocycles. The summed E-state index contributed by atoms with van der Waals surface area (Å²) in [5, 5.41) is 0.728. The molecule has 2 aromatic heterocycles. The summed E-state index contributed by atoms with van der Waals surface area (Å²) >= 11 is 1.61. The van der Waals surface area contributed by atoms with Crippen LogP contribution in [0.5, 0.6) is 0 Å². The zero-order valence-electron chi connectivity index (χ0n) is 17.9. The van der Waals surface area contributed by atoms with Crippen LogP contribution >= 0.6 is 11.3 Å². The highest BCUT2D eigenvalue weighted by Gasteiger charge is 2.21. The molecule has 0 amide bonds. The maximum Gasteiger partial charge on any atom is 0.263 e. The van der Waals surface area contributed by atoms with E-state index in [4.69, 9.17) is 9.72 Å². The van der Waals surface area contributed by atoms with Gasteiger partial charge < -0.3 is 4.74 Å². The van der Waals surface area contributed by atoms with Gasteiger partial charge in [-0.15, -0.1) is 11.3 Å². The molecule has 3 aromatic rings. The summed E-state index contributed by atoms with van der Waals surface area (Å²) in [7, 11) is 1.66. The van der Waals surface area contributed by atoms with Gasteiger partial charge >= 0.3 is 0 Å². The minimum absolute atomic E-state index is 0.0324.